The number of hydrogen-bond donors (Lipinski definition) is 2. The predicted octanol–water partition coefficient (Wildman–Crippen LogP) is 0.990. The lowest BCUT2D eigenvalue weighted by Gasteiger charge is -2.21. The topological polar surface area (TPSA) is 78.5 Å². The molecule has 0 aliphatic rings. The quantitative estimate of drug-likeness (QED) is 0.780. The summed E-state index contributed by atoms with van der Waals surface area (Å²) in [6.45, 7) is 1.15. The summed E-state index contributed by atoms with van der Waals surface area (Å²) in [6.07, 6.45) is 0.556. The van der Waals surface area contributed by atoms with Gasteiger partial charge in [0, 0.05) is 14.0 Å². The van der Waals surface area contributed by atoms with Gasteiger partial charge in [-0.15, -0.1) is 0 Å². The van der Waals surface area contributed by atoms with Crippen molar-refractivity contribution in [3.8, 4) is 0 Å². The fraction of sp³-hybridized carbons (Fsp3) is 0.250. The molecule has 0 spiro atoms. The average Bonchev–Trinajstić information content (AvgIpc) is 2.36. The number of amides is 3. The molecule has 0 fully saturated rings. The van der Waals surface area contributed by atoms with Crippen LogP contribution in [0.3, 0.4) is 0 Å². The molecule has 0 aliphatic carbocycles. The molecule has 0 saturated heterocycles. The maximum absolute atomic E-state index is 11.8. The normalized spacial score (nSPS) is 9.44. The van der Waals surface area contributed by atoms with Crippen LogP contribution in [0.15, 0.2) is 24.3 Å². The molecule has 0 radical (unpaired) electrons. The van der Waals surface area contributed by atoms with Crippen LogP contribution in [0, 0.1) is 0 Å². The van der Waals surface area contributed by atoms with Gasteiger partial charge in [0.1, 0.15) is 6.29 Å². The second-order valence-corrected chi connectivity index (χ2v) is 3.47. The first-order valence-electron chi connectivity index (χ1n) is 5.40. The molecule has 6 heteroatoms. The van der Waals surface area contributed by atoms with E-state index in [0.717, 1.165) is 4.90 Å². The zero-order chi connectivity index (χ0) is 13.5. The average molecular weight is 249 g/mol. The van der Waals surface area contributed by atoms with Gasteiger partial charge in [0.15, 0.2) is 0 Å². The second-order valence-electron chi connectivity index (χ2n) is 3.47. The standard InChI is InChI=1S/C12H15N3O3/c1-9(17)15(12(18)14-7-8-16)11-6-4-3-5-10(11)13-2/h3-6,8,13H,7H2,1-2H3,(H,14,18). The van der Waals surface area contributed by atoms with Crippen LogP contribution in [0.25, 0.3) is 0 Å². The van der Waals surface area contributed by atoms with Crippen molar-refractivity contribution in [2.75, 3.05) is 23.8 Å². The van der Waals surface area contributed by atoms with Crippen molar-refractivity contribution in [3.05, 3.63) is 24.3 Å². The van der Waals surface area contributed by atoms with Crippen LogP contribution in [-0.4, -0.2) is 31.8 Å². The zero-order valence-electron chi connectivity index (χ0n) is 10.3. The molecule has 0 aromatic heterocycles. The van der Waals surface area contributed by atoms with Gasteiger partial charge in [0.2, 0.25) is 5.91 Å². The Morgan fingerprint density at radius 2 is 2.00 bits per heavy atom. The molecule has 96 valence electrons. The number of carbonyl (C=O) groups is 3. The molecule has 3 amide bonds. The molecule has 0 bridgehead atoms. The van der Waals surface area contributed by atoms with Gasteiger partial charge in [-0.3, -0.25) is 4.79 Å². The van der Waals surface area contributed by atoms with Gasteiger partial charge in [-0.2, -0.15) is 0 Å². The van der Waals surface area contributed by atoms with Crippen molar-refractivity contribution in [2.24, 2.45) is 0 Å². The molecule has 1 aromatic rings. The molecule has 18 heavy (non-hydrogen) atoms. The lowest BCUT2D eigenvalue weighted by atomic mass is 10.2. The summed E-state index contributed by atoms with van der Waals surface area (Å²) in [7, 11) is 1.69. The van der Waals surface area contributed by atoms with E-state index in [0.29, 0.717) is 17.7 Å². The summed E-state index contributed by atoms with van der Waals surface area (Å²) in [5.74, 6) is -0.430. The number of anilines is 2. The molecule has 0 unspecified atom stereocenters. The van der Waals surface area contributed by atoms with Gasteiger partial charge in [0.05, 0.1) is 17.9 Å². The minimum Gasteiger partial charge on any atom is -0.386 e. The highest BCUT2D eigenvalue weighted by Gasteiger charge is 2.21. The zero-order valence-corrected chi connectivity index (χ0v) is 10.3. The van der Waals surface area contributed by atoms with Gasteiger partial charge in [-0.25, -0.2) is 9.69 Å². The van der Waals surface area contributed by atoms with Crippen LogP contribution in [0.4, 0.5) is 16.2 Å². The number of urea groups is 1. The van der Waals surface area contributed by atoms with Gasteiger partial charge in [0.25, 0.3) is 0 Å². The Morgan fingerprint density at radius 1 is 1.33 bits per heavy atom. The van der Waals surface area contributed by atoms with Crippen molar-refractivity contribution in [2.45, 2.75) is 6.92 Å². The molecule has 2 N–H and O–H groups in total. The Labute approximate surface area is 105 Å². The molecule has 0 saturated carbocycles. The first kappa shape index (κ1) is 13.7. The minimum absolute atomic E-state index is 0.135. The van der Waals surface area contributed by atoms with Crippen molar-refractivity contribution >= 4 is 29.6 Å². The molecule has 1 aromatic carbocycles. The number of para-hydroxylation sites is 2. The predicted molar refractivity (Wildman–Crippen MR) is 68.6 cm³/mol. The van der Waals surface area contributed by atoms with E-state index in [2.05, 4.69) is 10.6 Å². The summed E-state index contributed by atoms with van der Waals surface area (Å²) >= 11 is 0. The molecular weight excluding hydrogens is 234 g/mol. The third kappa shape index (κ3) is 3.07. The van der Waals surface area contributed by atoms with Gasteiger partial charge < -0.3 is 15.4 Å². The van der Waals surface area contributed by atoms with E-state index in [1.807, 2.05) is 0 Å². The largest absolute Gasteiger partial charge is 0.386 e. The van der Waals surface area contributed by atoms with Crippen molar-refractivity contribution in [1.29, 1.82) is 0 Å². The van der Waals surface area contributed by atoms with Gasteiger partial charge in [-0.1, -0.05) is 12.1 Å². The van der Waals surface area contributed by atoms with E-state index in [9.17, 15) is 14.4 Å². The number of nitrogens with one attached hydrogen (secondary N) is 2. The first-order valence-corrected chi connectivity index (χ1v) is 5.40. The molecule has 6 nitrogen and oxygen atoms in total. The second kappa shape index (κ2) is 6.39. The third-order valence-corrected chi connectivity index (χ3v) is 2.27. The third-order valence-electron chi connectivity index (χ3n) is 2.27. The van der Waals surface area contributed by atoms with Crippen molar-refractivity contribution in [1.82, 2.24) is 5.32 Å². The fourth-order valence-electron chi connectivity index (χ4n) is 1.51. The number of carbonyl (C=O) groups excluding carboxylic acids is 3. The van der Waals surface area contributed by atoms with Crippen molar-refractivity contribution in [3.63, 3.8) is 0 Å². The van der Waals surface area contributed by atoms with Crippen LogP contribution >= 0.6 is 0 Å². The monoisotopic (exact) mass is 249 g/mol. The number of rotatable bonds is 4. The highest BCUT2D eigenvalue weighted by molar-refractivity contribution is 6.15. The lowest BCUT2D eigenvalue weighted by molar-refractivity contribution is -0.116. The maximum atomic E-state index is 11.8. The molecular formula is C12H15N3O3. The number of imide groups is 1. The van der Waals surface area contributed by atoms with Crippen LogP contribution < -0.4 is 15.5 Å². The minimum atomic E-state index is -0.628. The Balaban J connectivity index is 3.08. The highest BCUT2D eigenvalue weighted by atomic mass is 16.2. The van der Waals surface area contributed by atoms with E-state index in [1.165, 1.54) is 6.92 Å². The number of nitrogens with zero attached hydrogens (tertiary/aromatic N) is 1. The van der Waals surface area contributed by atoms with Gasteiger partial charge >= 0.3 is 6.03 Å². The highest BCUT2D eigenvalue weighted by Crippen LogP contribution is 2.25. The smallest absolute Gasteiger partial charge is 0.329 e. The van der Waals surface area contributed by atoms with Crippen LogP contribution in [0.5, 0.6) is 0 Å². The van der Waals surface area contributed by atoms with Crippen LogP contribution in [0.1, 0.15) is 6.92 Å². The number of hydrogen-bond acceptors (Lipinski definition) is 4. The fourth-order valence-corrected chi connectivity index (χ4v) is 1.51. The summed E-state index contributed by atoms with van der Waals surface area (Å²) in [5.41, 5.74) is 1.09. The summed E-state index contributed by atoms with van der Waals surface area (Å²) in [6, 6.07) is 6.28. The van der Waals surface area contributed by atoms with Crippen LogP contribution in [-0.2, 0) is 9.59 Å². The van der Waals surface area contributed by atoms with E-state index in [4.69, 9.17) is 0 Å². The first-order chi connectivity index (χ1) is 8.61. The van der Waals surface area contributed by atoms with E-state index < -0.39 is 11.9 Å². The molecule has 0 atom stereocenters. The SMILES string of the molecule is CNc1ccccc1N(C(C)=O)C(=O)NCC=O. The van der Waals surface area contributed by atoms with E-state index >= 15 is 0 Å². The van der Waals surface area contributed by atoms with E-state index in [-0.39, 0.29) is 6.54 Å². The summed E-state index contributed by atoms with van der Waals surface area (Å²) in [4.78, 5) is 34.6. The Hall–Kier alpha value is -2.37. The molecule has 0 aliphatic heterocycles. The maximum Gasteiger partial charge on any atom is 0.329 e. The van der Waals surface area contributed by atoms with Gasteiger partial charge in [-0.05, 0) is 12.1 Å². The Kier molecular flexibility index (Phi) is 4.86. The summed E-state index contributed by atoms with van der Waals surface area (Å²) < 4.78 is 0. The number of aldehydes is 1. The molecule has 1 rings (SSSR count). The van der Waals surface area contributed by atoms with E-state index in [1.54, 1.807) is 31.3 Å². The van der Waals surface area contributed by atoms with Crippen LogP contribution in [0.2, 0.25) is 0 Å². The Bertz CT molecular complexity index is 460. The summed E-state index contributed by atoms with van der Waals surface area (Å²) in [5, 5.41) is 5.23. The van der Waals surface area contributed by atoms with Crippen molar-refractivity contribution < 1.29 is 14.4 Å². The Morgan fingerprint density at radius 3 is 2.56 bits per heavy atom. The lowest BCUT2D eigenvalue weighted by Crippen LogP contribution is -2.43. The molecule has 0 heterocycles. The number of benzene rings is 1.